The smallest absolute Gasteiger partial charge is 0.306 e. The summed E-state index contributed by atoms with van der Waals surface area (Å²) < 4.78 is 0. The lowest BCUT2D eigenvalue weighted by Gasteiger charge is -2.12. The van der Waals surface area contributed by atoms with Crippen LogP contribution in [0.2, 0.25) is 0 Å². The predicted molar refractivity (Wildman–Crippen MR) is 263 cm³/mol. The minimum Gasteiger partial charge on any atom is -0.481 e. The van der Waals surface area contributed by atoms with Gasteiger partial charge in [-0.3, -0.25) is 4.79 Å². The normalized spacial score (nSPS) is 12.2. The molecule has 2 heteroatoms. The van der Waals surface area contributed by atoms with Gasteiger partial charge in [-0.05, 0) is 12.8 Å². The van der Waals surface area contributed by atoms with E-state index in [4.69, 9.17) is 0 Å². The first-order valence-electron chi connectivity index (χ1n) is 27.9. The van der Waals surface area contributed by atoms with Gasteiger partial charge in [0, 0.05) is 0 Å². The summed E-state index contributed by atoms with van der Waals surface area (Å²) in [5, 5.41) is 9.73. The molecule has 348 valence electrons. The Morgan fingerprint density at radius 1 is 0.241 bits per heavy atom. The van der Waals surface area contributed by atoms with Crippen LogP contribution in [0.5, 0.6) is 0 Å². The van der Waals surface area contributed by atoms with E-state index >= 15 is 0 Å². The molecule has 0 saturated carbocycles. The third kappa shape index (κ3) is 49.8. The lowest BCUT2D eigenvalue weighted by Crippen LogP contribution is -2.13. The maximum Gasteiger partial charge on any atom is 0.306 e. The summed E-state index contributed by atoms with van der Waals surface area (Å²) in [7, 11) is 0. The first kappa shape index (κ1) is 57.5. The van der Waals surface area contributed by atoms with Crippen molar-refractivity contribution in [3.8, 4) is 0 Å². The number of unbranched alkanes of at least 4 members (excludes halogenated alkanes) is 48. The molecule has 1 unspecified atom stereocenters. The Kier molecular flexibility index (Phi) is 52.1. The molecule has 0 aliphatic heterocycles. The largest absolute Gasteiger partial charge is 0.481 e. The summed E-state index contributed by atoms with van der Waals surface area (Å²) in [6.07, 6.45) is 72.5. The third-order valence-electron chi connectivity index (χ3n) is 13.7. The molecule has 1 atom stereocenters. The fraction of sp³-hybridized carbons (Fsp3) is 0.982. The van der Waals surface area contributed by atoms with Gasteiger partial charge >= 0.3 is 5.97 Å². The third-order valence-corrected chi connectivity index (χ3v) is 13.7. The molecule has 2 nitrogen and oxygen atoms in total. The molecule has 0 bridgehead atoms. The lowest BCUT2D eigenvalue weighted by molar-refractivity contribution is -0.142. The molecule has 0 spiro atoms. The molecule has 58 heavy (non-hydrogen) atoms. The number of carboxylic acid groups (broad SMARTS) is 1. The van der Waals surface area contributed by atoms with Gasteiger partial charge in [0.05, 0.1) is 5.92 Å². The Morgan fingerprint density at radius 3 is 0.483 bits per heavy atom. The number of carbonyl (C=O) groups is 1. The molecule has 0 amide bonds. The van der Waals surface area contributed by atoms with Crippen LogP contribution in [0, 0.1) is 5.92 Å². The Bertz CT molecular complexity index is 732. The molecule has 0 radical (unpaired) electrons. The topological polar surface area (TPSA) is 37.3 Å². The van der Waals surface area contributed by atoms with Crippen molar-refractivity contribution >= 4 is 5.97 Å². The van der Waals surface area contributed by atoms with E-state index < -0.39 is 5.97 Å². The quantitative estimate of drug-likeness (QED) is 0.0621. The van der Waals surface area contributed by atoms with Crippen LogP contribution in [0.3, 0.4) is 0 Å². The molecule has 1 N–H and O–H groups in total. The van der Waals surface area contributed by atoms with Gasteiger partial charge in [-0.1, -0.05) is 335 Å². The molecule has 0 rings (SSSR count). The van der Waals surface area contributed by atoms with Crippen molar-refractivity contribution in [3.63, 3.8) is 0 Å². The summed E-state index contributed by atoms with van der Waals surface area (Å²) in [5.74, 6) is -0.651. The Hall–Kier alpha value is -0.530. The fourth-order valence-electron chi connectivity index (χ4n) is 9.45. The molecule has 0 aromatic carbocycles. The molecule has 0 aliphatic carbocycles. The van der Waals surface area contributed by atoms with Crippen molar-refractivity contribution < 1.29 is 9.90 Å². The van der Waals surface area contributed by atoms with Crippen LogP contribution in [0.15, 0.2) is 0 Å². The Balaban J connectivity index is 3.28. The molecule has 0 fully saturated rings. The fourth-order valence-corrected chi connectivity index (χ4v) is 9.45. The van der Waals surface area contributed by atoms with Gasteiger partial charge in [0.2, 0.25) is 0 Å². The maximum absolute atomic E-state index is 11.8. The van der Waals surface area contributed by atoms with E-state index in [9.17, 15) is 9.90 Å². The van der Waals surface area contributed by atoms with Crippen LogP contribution in [0.25, 0.3) is 0 Å². The second-order valence-corrected chi connectivity index (χ2v) is 19.6. The van der Waals surface area contributed by atoms with Crippen molar-refractivity contribution in [2.24, 2.45) is 5.92 Å². The van der Waals surface area contributed by atoms with Gasteiger partial charge in [0.1, 0.15) is 0 Å². The molecule has 0 aromatic heterocycles. The van der Waals surface area contributed by atoms with E-state index in [1.165, 1.54) is 308 Å². The van der Waals surface area contributed by atoms with E-state index in [1.54, 1.807) is 0 Å². The zero-order chi connectivity index (χ0) is 41.9. The SMILES string of the molecule is CCCCCCCCCCCCCCCCCCCCCCCCCCCCCCCCCCC(CCCCCCCCCCCCCCCCCCCC)C(=O)O. The molecular weight excluding hydrogens is 705 g/mol. The summed E-state index contributed by atoms with van der Waals surface area (Å²) in [5.41, 5.74) is 0. The number of hydrogen-bond acceptors (Lipinski definition) is 1. The zero-order valence-corrected chi connectivity index (χ0v) is 40.7. The van der Waals surface area contributed by atoms with E-state index in [-0.39, 0.29) is 5.92 Å². The van der Waals surface area contributed by atoms with E-state index in [0.717, 1.165) is 25.7 Å². The number of rotatable bonds is 53. The van der Waals surface area contributed by atoms with Gasteiger partial charge in [-0.2, -0.15) is 0 Å². The van der Waals surface area contributed by atoms with Crippen molar-refractivity contribution in [2.75, 3.05) is 0 Å². The minimum atomic E-state index is -0.548. The summed E-state index contributed by atoms with van der Waals surface area (Å²) in [6, 6.07) is 0. The Morgan fingerprint density at radius 2 is 0.362 bits per heavy atom. The standard InChI is InChI=1S/C56H112O2/c1-3-5-7-9-11-13-15-17-19-21-23-24-25-26-27-28-29-30-31-32-33-34-35-36-38-40-42-44-46-48-50-52-54-55(56(57)58)53-51-49-47-45-43-41-39-37-22-20-18-16-14-12-10-8-6-4-2/h55H,3-54H2,1-2H3,(H,57,58). The monoisotopic (exact) mass is 817 g/mol. The van der Waals surface area contributed by atoms with Crippen molar-refractivity contribution in [1.29, 1.82) is 0 Å². The average molecular weight is 818 g/mol. The molecule has 0 aromatic rings. The van der Waals surface area contributed by atoms with Crippen molar-refractivity contribution in [2.45, 2.75) is 348 Å². The van der Waals surface area contributed by atoms with Crippen molar-refractivity contribution in [1.82, 2.24) is 0 Å². The van der Waals surface area contributed by atoms with Gasteiger partial charge in [0.25, 0.3) is 0 Å². The Labute approximate surface area is 368 Å². The highest BCUT2D eigenvalue weighted by atomic mass is 16.4. The highest BCUT2D eigenvalue weighted by Gasteiger charge is 2.16. The molecule has 0 aliphatic rings. The average Bonchev–Trinajstić information content (AvgIpc) is 3.22. The highest BCUT2D eigenvalue weighted by Crippen LogP contribution is 2.21. The number of hydrogen-bond donors (Lipinski definition) is 1. The molecular formula is C56H112O2. The number of carboxylic acids is 1. The lowest BCUT2D eigenvalue weighted by atomic mass is 9.94. The number of aliphatic carboxylic acids is 1. The van der Waals surface area contributed by atoms with E-state index in [2.05, 4.69) is 13.8 Å². The molecule has 0 saturated heterocycles. The van der Waals surface area contributed by atoms with E-state index in [0.29, 0.717) is 0 Å². The van der Waals surface area contributed by atoms with Gasteiger partial charge in [-0.15, -0.1) is 0 Å². The second kappa shape index (κ2) is 52.6. The minimum absolute atomic E-state index is 0.102. The highest BCUT2D eigenvalue weighted by molar-refractivity contribution is 5.69. The summed E-state index contributed by atoms with van der Waals surface area (Å²) in [6.45, 7) is 4.60. The van der Waals surface area contributed by atoms with Gasteiger partial charge < -0.3 is 5.11 Å². The predicted octanol–water partition coefficient (Wildman–Crippen LogP) is 21.0. The summed E-state index contributed by atoms with van der Waals surface area (Å²) >= 11 is 0. The maximum atomic E-state index is 11.8. The van der Waals surface area contributed by atoms with Crippen molar-refractivity contribution in [3.05, 3.63) is 0 Å². The van der Waals surface area contributed by atoms with Crippen LogP contribution in [0.1, 0.15) is 348 Å². The first-order valence-corrected chi connectivity index (χ1v) is 27.9. The van der Waals surface area contributed by atoms with Gasteiger partial charge in [-0.25, -0.2) is 0 Å². The van der Waals surface area contributed by atoms with Gasteiger partial charge in [0.15, 0.2) is 0 Å². The molecule has 0 heterocycles. The summed E-state index contributed by atoms with van der Waals surface area (Å²) in [4.78, 5) is 11.8. The zero-order valence-electron chi connectivity index (χ0n) is 40.7. The van der Waals surface area contributed by atoms with Crippen LogP contribution >= 0.6 is 0 Å². The first-order chi connectivity index (χ1) is 28.7. The van der Waals surface area contributed by atoms with Crippen LogP contribution in [-0.4, -0.2) is 11.1 Å². The van der Waals surface area contributed by atoms with Crippen LogP contribution in [0.4, 0.5) is 0 Å². The second-order valence-electron chi connectivity index (χ2n) is 19.6. The van der Waals surface area contributed by atoms with E-state index in [1.807, 2.05) is 0 Å². The van der Waals surface area contributed by atoms with Crippen LogP contribution in [-0.2, 0) is 4.79 Å². The van der Waals surface area contributed by atoms with Crippen LogP contribution < -0.4 is 0 Å².